The van der Waals surface area contributed by atoms with Gasteiger partial charge in [-0.15, -0.1) is 0 Å². The van der Waals surface area contributed by atoms with E-state index in [0.717, 1.165) is 0 Å². The van der Waals surface area contributed by atoms with E-state index < -0.39 is 60.0 Å². The van der Waals surface area contributed by atoms with Crippen LogP contribution in [-0.4, -0.2) is 101 Å². The predicted molar refractivity (Wildman–Crippen MR) is 161 cm³/mol. The van der Waals surface area contributed by atoms with Crippen molar-refractivity contribution in [3.05, 3.63) is 24.3 Å². The largest absolute Gasteiger partial charge is 0.462 e. The zero-order valence-electron chi connectivity index (χ0n) is 27.3. The first kappa shape index (κ1) is 35.5. The molecule has 3 aliphatic heterocycles. The van der Waals surface area contributed by atoms with Crippen molar-refractivity contribution in [2.45, 2.75) is 129 Å². The predicted octanol–water partition coefficient (Wildman–Crippen LogP) is 3.23. The zero-order chi connectivity index (χ0) is 32.2. The van der Waals surface area contributed by atoms with Gasteiger partial charge in [-0.3, -0.25) is 14.4 Å². The zero-order valence-corrected chi connectivity index (χ0v) is 27.3. The van der Waals surface area contributed by atoms with E-state index in [0.29, 0.717) is 19.3 Å². The molecular formula is C33H53NO9. The van der Waals surface area contributed by atoms with Crippen LogP contribution in [0, 0.1) is 23.7 Å². The lowest BCUT2D eigenvalue weighted by atomic mass is 9.80. The van der Waals surface area contributed by atoms with Crippen LogP contribution in [0.1, 0.15) is 74.1 Å². The number of cyclic esters (lactones) is 1. The van der Waals surface area contributed by atoms with Crippen molar-refractivity contribution in [1.82, 2.24) is 4.90 Å². The van der Waals surface area contributed by atoms with Gasteiger partial charge in [0.25, 0.3) is 0 Å². The van der Waals surface area contributed by atoms with E-state index in [9.17, 15) is 24.6 Å². The second-order valence-corrected chi connectivity index (χ2v) is 13.3. The fourth-order valence-corrected chi connectivity index (χ4v) is 6.49. The highest BCUT2D eigenvalue weighted by atomic mass is 16.7. The molecule has 0 bridgehead atoms. The molecule has 3 rings (SSSR count). The minimum Gasteiger partial charge on any atom is -0.462 e. The minimum absolute atomic E-state index is 0.0999. The van der Waals surface area contributed by atoms with Gasteiger partial charge in [0, 0.05) is 29.7 Å². The summed E-state index contributed by atoms with van der Waals surface area (Å²) in [6.45, 7) is 12.7. The fraction of sp³-hybridized carbons (Fsp3) is 0.788. The Kier molecular flexibility index (Phi) is 12.3. The van der Waals surface area contributed by atoms with E-state index >= 15 is 0 Å². The number of hydrogen-bond acceptors (Lipinski definition) is 10. The summed E-state index contributed by atoms with van der Waals surface area (Å²) >= 11 is 0. The van der Waals surface area contributed by atoms with Crippen LogP contribution in [0.3, 0.4) is 0 Å². The molecule has 0 radical (unpaired) electrons. The van der Waals surface area contributed by atoms with E-state index in [1.54, 1.807) is 25.2 Å². The van der Waals surface area contributed by atoms with Crippen LogP contribution in [0.4, 0.5) is 0 Å². The molecule has 0 aromatic heterocycles. The van der Waals surface area contributed by atoms with Gasteiger partial charge in [0.15, 0.2) is 17.9 Å². The third kappa shape index (κ3) is 9.05. The van der Waals surface area contributed by atoms with Crippen molar-refractivity contribution in [2.24, 2.45) is 23.7 Å². The summed E-state index contributed by atoms with van der Waals surface area (Å²) in [4.78, 5) is 40.4. The standard InChI is InChI=1S/C33H53NO9/c1-10-27-22(6)31-33(7,43-31)14-13-25(36)18(2)15-23(12-11-19(3)35)30(21(5)26(37)17-28(38)41-27)42-32-29(39)24(34(8)9)16-20(4)40-32/h11-14,18,20-24,26-27,29-32,37,39H,10,15-17H2,1-9H3/b12-11+,14-13+/t18-,20+,21+,22-,23+,24+,26-,27-,29+,30-,31+,32+,33+/m1/s1. The number of aliphatic hydroxyl groups is 2. The number of aliphatic hydroxyl groups excluding tert-OH is 2. The third-order valence-electron chi connectivity index (χ3n) is 9.40. The molecule has 0 aromatic carbocycles. The smallest absolute Gasteiger partial charge is 0.308 e. The van der Waals surface area contributed by atoms with E-state index in [4.69, 9.17) is 18.9 Å². The number of fused-ring (bicyclic) bond motifs is 1. The second kappa shape index (κ2) is 14.9. The Balaban J connectivity index is 2.01. The molecule has 13 atom stereocenters. The number of hydrogen-bond donors (Lipinski definition) is 2. The SMILES string of the molecule is CC[C@H]1OC(=O)C[C@@H](O)[C@H](C)[C@@H](O[C@@H]2O[C@@H](C)C[C@H](N(C)C)[C@@H]2O)[C@@H](/C=C/C(C)=O)C[C@@H](C)C(=O)/C=C/[C@]2(C)O[C@H]2[C@@H]1C. The van der Waals surface area contributed by atoms with E-state index in [-0.39, 0.29) is 42.2 Å². The highest BCUT2D eigenvalue weighted by Crippen LogP contribution is 2.45. The molecule has 43 heavy (non-hydrogen) atoms. The van der Waals surface area contributed by atoms with Crippen molar-refractivity contribution in [3.8, 4) is 0 Å². The van der Waals surface area contributed by atoms with Crippen molar-refractivity contribution < 1.29 is 43.5 Å². The average molecular weight is 608 g/mol. The minimum atomic E-state index is -1.16. The summed E-state index contributed by atoms with van der Waals surface area (Å²) in [5, 5.41) is 22.6. The quantitative estimate of drug-likeness (QED) is 0.263. The van der Waals surface area contributed by atoms with Crippen molar-refractivity contribution >= 4 is 17.5 Å². The number of nitrogens with zero attached hydrogens (tertiary/aromatic N) is 1. The van der Waals surface area contributed by atoms with Crippen LogP contribution in [-0.2, 0) is 33.3 Å². The topological polar surface area (TPSA) is 135 Å². The van der Waals surface area contributed by atoms with Crippen LogP contribution in [0.5, 0.6) is 0 Å². The lowest BCUT2D eigenvalue weighted by molar-refractivity contribution is -0.281. The summed E-state index contributed by atoms with van der Waals surface area (Å²) in [5.41, 5.74) is -0.645. The molecule has 10 heteroatoms. The van der Waals surface area contributed by atoms with Gasteiger partial charge in [-0.1, -0.05) is 33.8 Å². The monoisotopic (exact) mass is 607 g/mol. The van der Waals surface area contributed by atoms with Gasteiger partial charge in [0.1, 0.15) is 17.8 Å². The Bertz CT molecular complexity index is 1040. The summed E-state index contributed by atoms with van der Waals surface area (Å²) in [6, 6.07) is -0.227. The molecular weight excluding hydrogens is 554 g/mol. The molecule has 2 saturated heterocycles. The molecule has 3 heterocycles. The lowest BCUT2D eigenvalue weighted by Gasteiger charge is -2.44. The molecule has 2 N–H and O–H groups in total. The first-order valence-corrected chi connectivity index (χ1v) is 15.7. The number of epoxide rings is 1. The summed E-state index contributed by atoms with van der Waals surface area (Å²) in [7, 11) is 3.76. The number of carbonyl (C=O) groups is 3. The van der Waals surface area contributed by atoms with Crippen LogP contribution in [0.25, 0.3) is 0 Å². The van der Waals surface area contributed by atoms with Gasteiger partial charge in [0.2, 0.25) is 0 Å². The van der Waals surface area contributed by atoms with Crippen molar-refractivity contribution in [2.75, 3.05) is 14.1 Å². The Morgan fingerprint density at radius 3 is 2.42 bits per heavy atom. The normalized spacial score (nSPS) is 44.2. The number of carbonyl (C=O) groups excluding carboxylic acids is 3. The fourth-order valence-electron chi connectivity index (χ4n) is 6.49. The second-order valence-electron chi connectivity index (χ2n) is 13.3. The van der Waals surface area contributed by atoms with E-state index in [2.05, 4.69) is 0 Å². The van der Waals surface area contributed by atoms with Crippen LogP contribution in [0.15, 0.2) is 24.3 Å². The Hall–Kier alpha value is -1.95. The molecule has 244 valence electrons. The molecule has 2 fully saturated rings. The number of allylic oxidation sites excluding steroid dienone is 2. The summed E-state index contributed by atoms with van der Waals surface area (Å²) < 4.78 is 24.4. The lowest BCUT2D eigenvalue weighted by Crippen LogP contribution is -2.56. The first-order valence-electron chi connectivity index (χ1n) is 15.7. The molecule has 0 spiro atoms. The Morgan fingerprint density at radius 2 is 1.81 bits per heavy atom. The molecule has 0 aliphatic carbocycles. The third-order valence-corrected chi connectivity index (χ3v) is 9.40. The highest BCUT2D eigenvalue weighted by molar-refractivity contribution is 5.91. The summed E-state index contributed by atoms with van der Waals surface area (Å²) in [6.07, 6.45) is 2.83. The maximum atomic E-state index is 13.3. The van der Waals surface area contributed by atoms with Gasteiger partial charge < -0.3 is 34.1 Å². The van der Waals surface area contributed by atoms with Crippen LogP contribution < -0.4 is 0 Å². The number of likely N-dealkylation sites (N-methyl/N-ethyl adjacent to an activating group) is 1. The number of rotatable bonds is 6. The molecule has 3 aliphatic rings. The first-order chi connectivity index (χ1) is 20.1. The molecule has 0 saturated carbocycles. The Labute approximate surface area is 256 Å². The number of ketones is 2. The van der Waals surface area contributed by atoms with E-state index in [1.165, 1.54) is 13.0 Å². The number of ether oxygens (including phenoxy) is 4. The highest BCUT2D eigenvalue weighted by Gasteiger charge is 2.55. The van der Waals surface area contributed by atoms with Crippen LogP contribution in [0.2, 0.25) is 0 Å². The van der Waals surface area contributed by atoms with Gasteiger partial charge >= 0.3 is 5.97 Å². The maximum Gasteiger partial charge on any atom is 0.308 e. The Morgan fingerprint density at radius 1 is 1.14 bits per heavy atom. The van der Waals surface area contributed by atoms with Crippen molar-refractivity contribution in [1.29, 1.82) is 0 Å². The average Bonchev–Trinajstić information content (AvgIpc) is 3.62. The molecule has 10 nitrogen and oxygen atoms in total. The molecule has 0 amide bonds. The van der Waals surface area contributed by atoms with Crippen LogP contribution >= 0.6 is 0 Å². The van der Waals surface area contributed by atoms with Gasteiger partial charge in [-0.05, 0) is 72.4 Å². The van der Waals surface area contributed by atoms with Gasteiger partial charge in [0.05, 0.1) is 30.8 Å². The van der Waals surface area contributed by atoms with E-state index in [1.807, 2.05) is 53.6 Å². The number of esters is 1. The molecule has 0 unspecified atom stereocenters. The van der Waals surface area contributed by atoms with Gasteiger partial charge in [-0.2, -0.15) is 0 Å². The maximum absolute atomic E-state index is 13.3. The summed E-state index contributed by atoms with van der Waals surface area (Å²) in [5.74, 6) is -2.57. The molecule has 0 aromatic rings. The van der Waals surface area contributed by atoms with Crippen molar-refractivity contribution in [3.63, 3.8) is 0 Å². The van der Waals surface area contributed by atoms with Gasteiger partial charge in [-0.25, -0.2) is 0 Å².